The fraction of sp³-hybridized carbons (Fsp3) is 0.500. The first-order chi connectivity index (χ1) is 11.2. The van der Waals surface area contributed by atoms with Gasteiger partial charge in [0.25, 0.3) is 0 Å². The molecule has 1 rings (SSSR count). The average Bonchev–Trinajstić information content (AvgIpc) is 2.58. The summed E-state index contributed by atoms with van der Waals surface area (Å²) < 4.78 is 9.83. The van der Waals surface area contributed by atoms with Crippen molar-refractivity contribution in [2.24, 2.45) is 4.99 Å². The van der Waals surface area contributed by atoms with Gasteiger partial charge in [-0.25, -0.2) is 4.79 Å². The lowest BCUT2D eigenvalue weighted by atomic mass is 10.2. The number of hydrogen-bond donors (Lipinski definition) is 3. The molecule has 0 fully saturated rings. The molecule has 0 aliphatic carbocycles. The summed E-state index contributed by atoms with van der Waals surface area (Å²) in [6.07, 6.45) is 0.454. The molecule has 0 spiro atoms. The van der Waals surface area contributed by atoms with Crippen molar-refractivity contribution >= 4 is 41.7 Å². The molecule has 7 nitrogen and oxygen atoms in total. The van der Waals surface area contributed by atoms with Crippen LogP contribution in [-0.4, -0.2) is 46.0 Å². The van der Waals surface area contributed by atoms with Gasteiger partial charge in [-0.2, -0.15) is 0 Å². The highest BCUT2D eigenvalue weighted by atomic mass is 127. The van der Waals surface area contributed by atoms with Crippen molar-refractivity contribution in [3.05, 3.63) is 29.8 Å². The zero-order chi connectivity index (χ0) is 16.9. The summed E-state index contributed by atoms with van der Waals surface area (Å²) in [7, 11) is 3.07. The van der Waals surface area contributed by atoms with Crippen molar-refractivity contribution in [1.29, 1.82) is 0 Å². The number of carbonyl (C=O) groups is 1. The zero-order valence-corrected chi connectivity index (χ0v) is 16.8. The van der Waals surface area contributed by atoms with E-state index < -0.39 is 6.09 Å². The largest absolute Gasteiger partial charge is 0.453 e. The van der Waals surface area contributed by atoms with E-state index in [-0.39, 0.29) is 24.0 Å². The molecule has 1 amide bonds. The zero-order valence-electron chi connectivity index (χ0n) is 14.4. The van der Waals surface area contributed by atoms with Gasteiger partial charge in [0.1, 0.15) is 0 Å². The molecular formula is C16H27IN4O3. The first-order valence-electron chi connectivity index (χ1n) is 7.65. The predicted molar refractivity (Wildman–Crippen MR) is 107 cm³/mol. The van der Waals surface area contributed by atoms with Crippen LogP contribution < -0.4 is 16.0 Å². The Hall–Kier alpha value is -1.55. The van der Waals surface area contributed by atoms with Gasteiger partial charge in [-0.3, -0.25) is 10.3 Å². The van der Waals surface area contributed by atoms with Crippen LogP contribution in [0.3, 0.4) is 0 Å². The summed E-state index contributed by atoms with van der Waals surface area (Å²) in [5.74, 6) is 0.748. The van der Waals surface area contributed by atoms with Crippen LogP contribution in [0.5, 0.6) is 0 Å². The molecule has 24 heavy (non-hydrogen) atoms. The molecule has 8 heteroatoms. The summed E-state index contributed by atoms with van der Waals surface area (Å²) in [6, 6.07) is 7.51. The lowest BCUT2D eigenvalue weighted by Gasteiger charge is -2.12. The van der Waals surface area contributed by atoms with Gasteiger partial charge in [-0.05, 0) is 31.0 Å². The summed E-state index contributed by atoms with van der Waals surface area (Å²) in [5, 5.41) is 9.07. The molecule has 136 valence electrons. The SMILES string of the molecule is CCOCCCNC(=NC)NCc1ccc(NC(=O)OC)cc1.I. The second kappa shape index (κ2) is 13.8. The van der Waals surface area contributed by atoms with Crippen LogP contribution in [0, 0.1) is 0 Å². The van der Waals surface area contributed by atoms with Gasteiger partial charge in [0.05, 0.1) is 7.11 Å². The highest BCUT2D eigenvalue weighted by molar-refractivity contribution is 14.0. The molecule has 0 saturated heterocycles. The minimum Gasteiger partial charge on any atom is -0.453 e. The number of hydrogen-bond acceptors (Lipinski definition) is 4. The average molecular weight is 450 g/mol. The number of nitrogens with zero attached hydrogens (tertiary/aromatic N) is 1. The number of guanidine groups is 1. The fourth-order valence-corrected chi connectivity index (χ4v) is 1.81. The van der Waals surface area contributed by atoms with E-state index in [2.05, 4.69) is 25.7 Å². The summed E-state index contributed by atoms with van der Waals surface area (Å²) in [4.78, 5) is 15.3. The Labute approximate surface area is 160 Å². The number of ether oxygens (including phenoxy) is 2. The normalized spacial score (nSPS) is 10.5. The summed E-state index contributed by atoms with van der Waals surface area (Å²) >= 11 is 0. The van der Waals surface area contributed by atoms with Crippen LogP contribution >= 0.6 is 24.0 Å². The molecule has 0 saturated carbocycles. The monoisotopic (exact) mass is 450 g/mol. The Morgan fingerprint density at radius 3 is 2.50 bits per heavy atom. The number of amides is 1. The highest BCUT2D eigenvalue weighted by Gasteiger charge is 2.01. The quantitative estimate of drug-likeness (QED) is 0.246. The number of anilines is 1. The van der Waals surface area contributed by atoms with E-state index in [1.54, 1.807) is 7.05 Å². The molecule has 0 aliphatic heterocycles. The van der Waals surface area contributed by atoms with E-state index >= 15 is 0 Å². The van der Waals surface area contributed by atoms with Gasteiger partial charge in [-0.1, -0.05) is 12.1 Å². The first-order valence-corrected chi connectivity index (χ1v) is 7.65. The van der Waals surface area contributed by atoms with Gasteiger partial charge in [0.2, 0.25) is 0 Å². The fourth-order valence-electron chi connectivity index (χ4n) is 1.81. The van der Waals surface area contributed by atoms with E-state index in [1.165, 1.54) is 7.11 Å². The number of carbonyl (C=O) groups excluding carboxylic acids is 1. The van der Waals surface area contributed by atoms with Crippen molar-refractivity contribution in [3.8, 4) is 0 Å². The van der Waals surface area contributed by atoms with Crippen LogP contribution in [0.15, 0.2) is 29.3 Å². The van der Waals surface area contributed by atoms with Gasteiger partial charge < -0.3 is 20.1 Å². The lowest BCUT2D eigenvalue weighted by molar-refractivity contribution is 0.145. The number of nitrogens with one attached hydrogen (secondary N) is 3. The molecule has 0 bridgehead atoms. The number of rotatable bonds is 8. The molecule has 0 unspecified atom stereocenters. The van der Waals surface area contributed by atoms with E-state index in [0.717, 1.165) is 37.7 Å². The van der Waals surface area contributed by atoms with Crippen molar-refractivity contribution in [3.63, 3.8) is 0 Å². The van der Waals surface area contributed by atoms with E-state index in [1.807, 2.05) is 31.2 Å². The second-order valence-corrected chi connectivity index (χ2v) is 4.72. The van der Waals surface area contributed by atoms with Crippen LogP contribution in [0.25, 0.3) is 0 Å². The maximum atomic E-state index is 11.1. The minimum atomic E-state index is -0.479. The third-order valence-electron chi connectivity index (χ3n) is 3.03. The van der Waals surface area contributed by atoms with Gasteiger partial charge in [0.15, 0.2) is 5.96 Å². The van der Waals surface area contributed by atoms with Crippen LogP contribution in [-0.2, 0) is 16.0 Å². The maximum Gasteiger partial charge on any atom is 0.411 e. The van der Waals surface area contributed by atoms with Crippen molar-refractivity contribution < 1.29 is 14.3 Å². The maximum absolute atomic E-state index is 11.1. The molecule has 0 aliphatic rings. The summed E-state index contributed by atoms with van der Waals surface area (Å²) in [5.41, 5.74) is 1.77. The number of halogens is 1. The molecule has 1 aromatic rings. The van der Waals surface area contributed by atoms with Gasteiger partial charge in [0, 0.05) is 39.0 Å². The molecule has 0 aromatic heterocycles. The number of methoxy groups -OCH3 is 1. The first kappa shape index (κ1) is 22.4. The van der Waals surface area contributed by atoms with E-state index in [9.17, 15) is 4.79 Å². The Balaban J connectivity index is 0.00000529. The standard InChI is InChI=1S/C16H26N4O3.HI/c1-4-23-11-5-10-18-15(17-2)19-12-13-6-8-14(9-7-13)20-16(21)22-3;/h6-9H,4-5,10-12H2,1-3H3,(H,20,21)(H2,17,18,19);1H. The Kier molecular flexibility index (Phi) is 13.0. The van der Waals surface area contributed by atoms with E-state index in [4.69, 9.17) is 4.74 Å². The molecule has 0 radical (unpaired) electrons. The second-order valence-electron chi connectivity index (χ2n) is 4.72. The van der Waals surface area contributed by atoms with Gasteiger partial charge >= 0.3 is 6.09 Å². The molecule has 0 heterocycles. The highest BCUT2D eigenvalue weighted by Crippen LogP contribution is 2.09. The minimum absolute atomic E-state index is 0. The third kappa shape index (κ3) is 9.56. The van der Waals surface area contributed by atoms with Crippen molar-refractivity contribution in [2.75, 3.05) is 39.2 Å². The molecular weight excluding hydrogens is 423 g/mol. The van der Waals surface area contributed by atoms with Gasteiger partial charge in [-0.15, -0.1) is 24.0 Å². The Morgan fingerprint density at radius 2 is 1.92 bits per heavy atom. The van der Waals surface area contributed by atoms with Crippen LogP contribution in [0.4, 0.5) is 10.5 Å². The van der Waals surface area contributed by atoms with Crippen LogP contribution in [0.2, 0.25) is 0 Å². The molecule has 0 atom stereocenters. The van der Waals surface area contributed by atoms with Crippen molar-refractivity contribution in [2.45, 2.75) is 19.9 Å². The smallest absolute Gasteiger partial charge is 0.411 e. The predicted octanol–water partition coefficient (Wildman–Crippen LogP) is 2.57. The summed E-state index contributed by atoms with van der Waals surface area (Å²) in [6.45, 7) is 4.92. The Bertz CT molecular complexity index is 495. The van der Waals surface area contributed by atoms with Crippen LogP contribution in [0.1, 0.15) is 18.9 Å². The number of benzene rings is 1. The van der Waals surface area contributed by atoms with E-state index in [0.29, 0.717) is 12.2 Å². The van der Waals surface area contributed by atoms with Crippen molar-refractivity contribution in [1.82, 2.24) is 10.6 Å². The lowest BCUT2D eigenvalue weighted by Crippen LogP contribution is -2.37. The topological polar surface area (TPSA) is 84.0 Å². The number of aliphatic imine (C=N–C) groups is 1. The molecule has 1 aromatic carbocycles. The third-order valence-corrected chi connectivity index (χ3v) is 3.03. The Morgan fingerprint density at radius 1 is 1.21 bits per heavy atom. The molecule has 3 N–H and O–H groups in total.